The van der Waals surface area contributed by atoms with Crippen molar-refractivity contribution in [2.45, 2.75) is 45.7 Å². The Morgan fingerprint density at radius 3 is 2.81 bits per heavy atom. The fraction of sp³-hybridized carbons (Fsp3) is 0.583. The summed E-state index contributed by atoms with van der Waals surface area (Å²) >= 11 is 1.68. The van der Waals surface area contributed by atoms with Crippen molar-refractivity contribution in [2.75, 3.05) is 0 Å². The molecule has 2 rings (SSSR count). The van der Waals surface area contributed by atoms with Crippen LogP contribution in [-0.2, 0) is 0 Å². The van der Waals surface area contributed by atoms with Crippen LogP contribution in [0.4, 0.5) is 0 Å². The highest BCUT2D eigenvalue weighted by Gasteiger charge is 2.13. The van der Waals surface area contributed by atoms with Crippen LogP contribution in [0.15, 0.2) is 17.8 Å². The molecular formula is C12H19N3S. The van der Waals surface area contributed by atoms with E-state index in [2.05, 4.69) is 53.2 Å². The minimum Gasteiger partial charge on any atom is -0.306 e. The lowest BCUT2D eigenvalue weighted by molar-refractivity contribution is 0.428. The predicted octanol–water partition coefficient (Wildman–Crippen LogP) is 3.24. The van der Waals surface area contributed by atoms with Gasteiger partial charge in [0.1, 0.15) is 0 Å². The monoisotopic (exact) mass is 237 g/mol. The second-order valence-corrected chi connectivity index (χ2v) is 5.03. The van der Waals surface area contributed by atoms with Crippen LogP contribution < -0.4 is 5.32 Å². The lowest BCUT2D eigenvalue weighted by atomic mass is 10.1. The molecule has 2 heterocycles. The van der Waals surface area contributed by atoms with E-state index in [-0.39, 0.29) is 0 Å². The van der Waals surface area contributed by atoms with E-state index < -0.39 is 0 Å². The summed E-state index contributed by atoms with van der Waals surface area (Å²) in [6.07, 6.45) is 6.51. The molecule has 2 aromatic heterocycles. The largest absolute Gasteiger partial charge is 0.306 e. The van der Waals surface area contributed by atoms with Crippen molar-refractivity contribution in [2.24, 2.45) is 0 Å². The van der Waals surface area contributed by atoms with Gasteiger partial charge in [0.15, 0.2) is 4.96 Å². The number of rotatable bonds is 5. The highest BCUT2D eigenvalue weighted by molar-refractivity contribution is 7.15. The summed E-state index contributed by atoms with van der Waals surface area (Å²) in [5.74, 6) is 0. The highest BCUT2D eigenvalue weighted by atomic mass is 32.1. The highest BCUT2D eigenvalue weighted by Crippen LogP contribution is 2.17. The molecule has 0 amide bonds. The van der Waals surface area contributed by atoms with E-state index in [1.807, 2.05) is 0 Å². The molecule has 2 aromatic rings. The van der Waals surface area contributed by atoms with Gasteiger partial charge in [-0.1, -0.05) is 13.8 Å². The Balaban J connectivity index is 2.09. The molecule has 3 nitrogen and oxygen atoms in total. The number of nitrogens with one attached hydrogen (secondary N) is 1. The lowest BCUT2D eigenvalue weighted by Crippen LogP contribution is -2.30. The zero-order valence-electron chi connectivity index (χ0n) is 10.1. The van der Waals surface area contributed by atoms with Crippen molar-refractivity contribution in [1.82, 2.24) is 14.7 Å². The van der Waals surface area contributed by atoms with Gasteiger partial charge in [-0.15, -0.1) is 11.3 Å². The number of hydrogen-bond acceptors (Lipinski definition) is 3. The van der Waals surface area contributed by atoms with E-state index in [1.165, 1.54) is 12.8 Å². The van der Waals surface area contributed by atoms with Crippen molar-refractivity contribution in [1.29, 1.82) is 0 Å². The van der Waals surface area contributed by atoms with Crippen LogP contribution in [0.25, 0.3) is 4.96 Å². The topological polar surface area (TPSA) is 29.3 Å². The Bertz CT molecular complexity index is 413. The molecule has 0 aromatic carbocycles. The van der Waals surface area contributed by atoms with Crippen LogP contribution in [0, 0.1) is 0 Å². The second kappa shape index (κ2) is 4.97. The minimum atomic E-state index is 0.331. The summed E-state index contributed by atoms with van der Waals surface area (Å²) in [5.41, 5.74) is 1.14. The molecule has 0 aliphatic heterocycles. The standard InChI is InChI=1S/C12H19N3S/c1-4-10(5-2)13-9(3)11-8-15-6-7-16-12(15)14-11/h6-10,13H,4-5H2,1-3H3/t9-/m1/s1. The zero-order chi connectivity index (χ0) is 11.5. The Morgan fingerprint density at radius 2 is 2.19 bits per heavy atom. The number of aromatic nitrogens is 2. The summed E-state index contributed by atoms with van der Waals surface area (Å²) in [7, 11) is 0. The summed E-state index contributed by atoms with van der Waals surface area (Å²) in [6, 6.07) is 0.923. The van der Waals surface area contributed by atoms with Crippen LogP contribution in [0.2, 0.25) is 0 Å². The maximum atomic E-state index is 4.61. The Hall–Kier alpha value is -0.870. The Kier molecular flexibility index (Phi) is 3.61. The first kappa shape index (κ1) is 11.6. The van der Waals surface area contributed by atoms with E-state index >= 15 is 0 Å². The molecule has 1 atom stereocenters. The molecule has 0 fully saturated rings. The van der Waals surface area contributed by atoms with Gasteiger partial charge in [-0.25, -0.2) is 4.98 Å². The number of thiazole rings is 1. The van der Waals surface area contributed by atoms with Gasteiger partial charge in [-0.05, 0) is 19.8 Å². The quantitative estimate of drug-likeness (QED) is 0.865. The summed E-state index contributed by atoms with van der Waals surface area (Å²) in [6.45, 7) is 6.63. The van der Waals surface area contributed by atoms with E-state index in [1.54, 1.807) is 11.3 Å². The summed E-state index contributed by atoms with van der Waals surface area (Å²) < 4.78 is 2.09. The molecule has 0 radical (unpaired) electrons. The maximum absolute atomic E-state index is 4.61. The fourth-order valence-electron chi connectivity index (χ4n) is 1.92. The van der Waals surface area contributed by atoms with Gasteiger partial charge in [0.2, 0.25) is 0 Å². The van der Waals surface area contributed by atoms with Gasteiger partial charge in [-0.2, -0.15) is 0 Å². The molecule has 1 N–H and O–H groups in total. The van der Waals surface area contributed by atoms with E-state index in [4.69, 9.17) is 0 Å². The molecule has 0 saturated heterocycles. The van der Waals surface area contributed by atoms with Crippen molar-refractivity contribution in [3.05, 3.63) is 23.5 Å². The average molecular weight is 237 g/mol. The van der Waals surface area contributed by atoms with Crippen molar-refractivity contribution in [3.63, 3.8) is 0 Å². The number of fused-ring (bicyclic) bond motifs is 1. The fourth-order valence-corrected chi connectivity index (χ4v) is 2.62. The molecule has 4 heteroatoms. The lowest BCUT2D eigenvalue weighted by Gasteiger charge is -2.19. The van der Waals surface area contributed by atoms with Gasteiger partial charge in [-0.3, -0.25) is 4.40 Å². The third-order valence-electron chi connectivity index (χ3n) is 3.03. The van der Waals surface area contributed by atoms with Gasteiger partial charge in [0, 0.05) is 29.9 Å². The van der Waals surface area contributed by atoms with E-state index in [0.717, 1.165) is 10.7 Å². The van der Waals surface area contributed by atoms with Crippen LogP contribution in [0.3, 0.4) is 0 Å². The molecule has 0 spiro atoms. The first-order valence-corrected chi connectivity index (χ1v) is 6.80. The zero-order valence-corrected chi connectivity index (χ0v) is 10.9. The van der Waals surface area contributed by atoms with E-state index in [9.17, 15) is 0 Å². The summed E-state index contributed by atoms with van der Waals surface area (Å²) in [4.78, 5) is 5.69. The molecule has 0 aliphatic carbocycles. The third kappa shape index (κ3) is 2.28. The number of imidazole rings is 1. The molecule has 88 valence electrons. The molecule has 16 heavy (non-hydrogen) atoms. The average Bonchev–Trinajstić information content (AvgIpc) is 2.85. The van der Waals surface area contributed by atoms with Crippen LogP contribution in [-0.4, -0.2) is 15.4 Å². The maximum Gasteiger partial charge on any atom is 0.193 e. The van der Waals surface area contributed by atoms with Crippen LogP contribution in [0.1, 0.15) is 45.3 Å². The Morgan fingerprint density at radius 1 is 1.44 bits per heavy atom. The normalized spacial score (nSPS) is 13.8. The minimum absolute atomic E-state index is 0.331. The van der Waals surface area contributed by atoms with Crippen molar-refractivity contribution in [3.8, 4) is 0 Å². The Labute approximate surface area is 101 Å². The number of nitrogens with zero attached hydrogens (tertiary/aromatic N) is 2. The van der Waals surface area contributed by atoms with Gasteiger partial charge < -0.3 is 5.32 Å². The molecule has 0 unspecified atom stereocenters. The van der Waals surface area contributed by atoms with Gasteiger partial charge in [0.05, 0.1) is 5.69 Å². The first-order chi connectivity index (χ1) is 7.74. The van der Waals surface area contributed by atoms with E-state index in [0.29, 0.717) is 12.1 Å². The first-order valence-electron chi connectivity index (χ1n) is 5.92. The molecular weight excluding hydrogens is 218 g/mol. The molecule has 0 saturated carbocycles. The number of hydrogen-bond donors (Lipinski definition) is 1. The van der Waals surface area contributed by atoms with Crippen LogP contribution >= 0.6 is 11.3 Å². The van der Waals surface area contributed by atoms with Crippen LogP contribution in [0.5, 0.6) is 0 Å². The molecule has 0 bridgehead atoms. The molecule has 0 aliphatic rings. The SMILES string of the molecule is CCC(CC)N[C@H](C)c1cn2ccsc2n1. The summed E-state index contributed by atoms with van der Waals surface area (Å²) in [5, 5.41) is 5.67. The van der Waals surface area contributed by atoms with Gasteiger partial charge in [0.25, 0.3) is 0 Å². The third-order valence-corrected chi connectivity index (χ3v) is 3.80. The van der Waals surface area contributed by atoms with Crippen molar-refractivity contribution < 1.29 is 0 Å². The van der Waals surface area contributed by atoms with Crippen molar-refractivity contribution >= 4 is 16.3 Å². The second-order valence-electron chi connectivity index (χ2n) is 4.16. The smallest absolute Gasteiger partial charge is 0.193 e. The predicted molar refractivity (Wildman–Crippen MR) is 69.0 cm³/mol. The van der Waals surface area contributed by atoms with Gasteiger partial charge >= 0.3 is 0 Å².